The maximum atomic E-state index is 12.4. The quantitative estimate of drug-likeness (QED) is 0.247. The molecule has 190 valence electrons. The number of hydrogen-bond donors (Lipinski definition) is 2. The maximum Gasteiger partial charge on any atom is 0.352 e. The minimum absolute atomic E-state index is 0.0328. The zero-order chi connectivity index (χ0) is 24.0. The van der Waals surface area contributed by atoms with Crippen molar-refractivity contribution in [3.05, 3.63) is 0 Å². The number of fused-ring (bicyclic) bond motifs is 2. The molecule has 3 heterocycles. The number of nitrogens with one attached hydrogen (secondary N) is 1. The molecular formula is C20H33NO12. The Hall–Kier alpha value is -1.42. The van der Waals surface area contributed by atoms with E-state index in [1.165, 1.54) is 28.3 Å². The van der Waals surface area contributed by atoms with Gasteiger partial charge in [-0.1, -0.05) is 0 Å². The van der Waals surface area contributed by atoms with Gasteiger partial charge in [0.1, 0.15) is 44.8 Å². The van der Waals surface area contributed by atoms with Gasteiger partial charge >= 0.3 is 11.9 Å². The molecule has 0 spiro atoms. The van der Waals surface area contributed by atoms with E-state index < -0.39 is 66.8 Å². The molecule has 3 saturated heterocycles. The second kappa shape index (κ2) is 12.3. The molecule has 3 aliphatic heterocycles. The van der Waals surface area contributed by atoms with Crippen LogP contribution < -0.4 is 5.32 Å². The summed E-state index contributed by atoms with van der Waals surface area (Å²) in [6.45, 7) is 1.51. The number of carbonyl (C=O) groups excluding carboxylic acids is 2. The fourth-order valence-corrected chi connectivity index (χ4v) is 4.47. The lowest BCUT2D eigenvalue weighted by molar-refractivity contribution is -0.240. The summed E-state index contributed by atoms with van der Waals surface area (Å²) in [5.41, 5.74) is 0. The maximum absolute atomic E-state index is 12.4. The summed E-state index contributed by atoms with van der Waals surface area (Å²) in [7, 11) is 4.45. The minimum Gasteiger partial charge on any atom is -0.448 e. The van der Waals surface area contributed by atoms with Gasteiger partial charge < -0.3 is 53.1 Å². The van der Waals surface area contributed by atoms with Gasteiger partial charge in [-0.2, -0.15) is 0 Å². The minimum atomic E-state index is -1.24. The van der Waals surface area contributed by atoms with Crippen molar-refractivity contribution in [2.75, 3.05) is 48.3 Å². The van der Waals surface area contributed by atoms with Crippen molar-refractivity contribution in [1.82, 2.24) is 5.32 Å². The van der Waals surface area contributed by atoms with Crippen LogP contribution in [0.4, 0.5) is 0 Å². The molecule has 0 aliphatic carbocycles. The molecular weight excluding hydrogens is 446 g/mol. The SMILES string of the molecule is COCO[C@@H]1[C@@H]2OC(=O)[C@@H](OC(C)=O)[C@@H](O2)[C@@H]1C[C@@H]1NC[C@@H](OCOC)[C@H](OCOC)[C@@H]1O. The van der Waals surface area contributed by atoms with E-state index in [1.807, 2.05) is 0 Å². The standard InChI is InChI=1S/C20H33NO12/c1-10(22)31-18-15-11(16(29-8-26-3)20(32-15)33-19(18)24)5-12-14(23)17(30-9-27-4)13(6-21-12)28-7-25-2/h11-18,20-21,23H,5-9H2,1-4H3/t11-,12-,13+,14+,15-,16-,17-,18-,20-/m0/s1. The van der Waals surface area contributed by atoms with Gasteiger partial charge in [-0.25, -0.2) is 4.79 Å². The summed E-state index contributed by atoms with van der Waals surface area (Å²) in [6, 6.07) is -0.482. The molecule has 9 atom stereocenters. The lowest BCUT2D eigenvalue weighted by Gasteiger charge is -2.41. The average Bonchev–Trinajstić information content (AvgIpc) is 3.06. The first kappa shape index (κ1) is 26.2. The molecule has 13 nitrogen and oxygen atoms in total. The van der Waals surface area contributed by atoms with Gasteiger partial charge in [0, 0.05) is 46.8 Å². The van der Waals surface area contributed by atoms with Gasteiger partial charge in [-0.3, -0.25) is 4.79 Å². The van der Waals surface area contributed by atoms with E-state index in [9.17, 15) is 14.7 Å². The Balaban J connectivity index is 1.77. The van der Waals surface area contributed by atoms with E-state index in [1.54, 1.807) is 0 Å². The van der Waals surface area contributed by atoms with Gasteiger partial charge in [-0.15, -0.1) is 0 Å². The van der Waals surface area contributed by atoms with Crippen molar-refractivity contribution >= 4 is 11.9 Å². The highest BCUT2D eigenvalue weighted by Crippen LogP contribution is 2.41. The highest BCUT2D eigenvalue weighted by molar-refractivity contribution is 5.80. The Kier molecular flexibility index (Phi) is 9.79. The Morgan fingerprint density at radius 3 is 2.33 bits per heavy atom. The third kappa shape index (κ3) is 6.18. The highest BCUT2D eigenvalue weighted by Gasteiger charge is 2.59. The van der Waals surface area contributed by atoms with Crippen LogP contribution in [0.15, 0.2) is 0 Å². The molecule has 0 aromatic rings. The number of aliphatic hydroxyl groups excluding tert-OH is 1. The number of hydrogen-bond acceptors (Lipinski definition) is 13. The summed E-state index contributed by atoms with van der Waals surface area (Å²) in [5, 5.41) is 14.4. The lowest BCUT2D eigenvalue weighted by Crippen LogP contribution is -2.62. The molecule has 3 fully saturated rings. The first-order valence-electron chi connectivity index (χ1n) is 10.7. The van der Waals surface area contributed by atoms with Gasteiger partial charge in [0.25, 0.3) is 0 Å². The van der Waals surface area contributed by atoms with E-state index in [-0.39, 0.29) is 20.4 Å². The second-order valence-corrected chi connectivity index (χ2v) is 8.03. The van der Waals surface area contributed by atoms with Gasteiger partial charge in [0.15, 0.2) is 0 Å². The first-order valence-corrected chi connectivity index (χ1v) is 10.7. The fraction of sp³-hybridized carbons (Fsp3) is 0.900. The Morgan fingerprint density at radius 1 is 1.06 bits per heavy atom. The van der Waals surface area contributed by atoms with Gasteiger partial charge in [0.05, 0.1) is 6.10 Å². The van der Waals surface area contributed by atoms with Crippen LogP contribution in [0.2, 0.25) is 0 Å². The molecule has 33 heavy (non-hydrogen) atoms. The van der Waals surface area contributed by atoms with E-state index >= 15 is 0 Å². The van der Waals surface area contributed by atoms with Crippen LogP contribution >= 0.6 is 0 Å². The molecule has 2 bridgehead atoms. The number of piperidine rings is 1. The van der Waals surface area contributed by atoms with Crippen molar-refractivity contribution in [2.24, 2.45) is 5.92 Å². The van der Waals surface area contributed by atoms with Crippen molar-refractivity contribution in [2.45, 2.75) is 62.3 Å². The zero-order valence-electron chi connectivity index (χ0n) is 19.2. The molecule has 0 unspecified atom stereocenters. The summed E-state index contributed by atoms with van der Waals surface area (Å²) >= 11 is 0. The molecule has 0 radical (unpaired) electrons. The lowest BCUT2D eigenvalue weighted by atomic mass is 9.83. The second-order valence-electron chi connectivity index (χ2n) is 8.03. The van der Waals surface area contributed by atoms with Crippen molar-refractivity contribution < 1.29 is 57.3 Å². The van der Waals surface area contributed by atoms with Crippen LogP contribution in [0.5, 0.6) is 0 Å². The Bertz CT molecular complexity index is 651. The van der Waals surface area contributed by atoms with Crippen LogP contribution in [0.1, 0.15) is 13.3 Å². The van der Waals surface area contributed by atoms with Crippen LogP contribution in [-0.2, 0) is 52.2 Å². The number of esters is 2. The molecule has 13 heteroatoms. The third-order valence-corrected chi connectivity index (χ3v) is 5.84. The summed E-state index contributed by atoms with van der Waals surface area (Å²) in [4.78, 5) is 24.0. The number of rotatable bonds is 12. The van der Waals surface area contributed by atoms with Gasteiger partial charge in [0.2, 0.25) is 12.4 Å². The monoisotopic (exact) mass is 479 g/mol. The molecule has 0 aromatic heterocycles. The van der Waals surface area contributed by atoms with Crippen molar-refractivity contribution in [1.29, 1.82) is 0 Å². The van der Waals surface area contributed by atoms with Crippen LogP contribution in [0.3, 0.4) is 0 Å². The largest absolute Gasteiger partial charge is 0.448 e. The Labute approximate surface area is 191 Å². The topological polar surface area (TPSA) is 149 Å². The van der Waals surface area contributed by atoms with E-state index in [0.29, 0.717) is 13.0 Å². The average molecular weight is 479 g/mol. The predicted molar refractivity (Wildman–Crippen MR) is 106 cm³/mol. The number of carbonyl (C=O) groups is 2. The first-order chi connectivity index (χ1) is 15.9. The fourth-order valence-electron chi connectivity index (χ4n) is 4.47. The third-order valence-electron chi connectivity index (χ3n) is 5.84. The van der Waals surface area contributed by atoms with E-state index in [0.717, 1.165) is 0 Å². The molecule has 0 saturated carbocycles. The highest BCUT2D eigenvalue weighted by atomic mass is 16.8. The predicted octanol–water partition coefficient (Wildman–Crippen LogP) is -1.49. The van der Waals surface area contributed by atoms with Crippen LogP contribution in [0.25, 0.3) is 0 Å². The summed E-state index contributed by atoms with van der Waals surface area (Å²) in [6.07, 6.45) is -5.59. The molecule has 0 aromatic carbocycles. The smallest absolute Gasteiger partial charge is 0.352 e. The van der Waals surface area contributed by atoms with Crippen LogP contribution in [0, 0.1) is 5.92 Å². The molecule has 0 amide bonds. The molecule has 2 N–H and O–H groups in total. The normalized spacial score (nSPS) is 38.2. The number of ether oxygens (including phenoxy) is 9. The molecule has 3 rings (SSSR count). The molecule has 3 aliphatic rings. The van der Waals surface area contributed by atoms with Crippen molar-refractivity contribution in [3.63, 3.8) is 0 Å². The summed E-state index contributed by atoms with van der Waals surface area (Å²) < 4.78 is 48.4. The Morgan fingerprint density at radius 2 is 1.70 bits per heavy atom. The number of methoxy groups -OCH3 is 3. The zero-order valence-corrected chi connectivity index (χ0v) is 19.2. The van der Waals surface area contributed by atoms with E-state index in [2.05, 4.69) is 5.32 Å². The van der Waals surface area contributed by atoms with Crippen molar-refractivity contribution in [3.8, 4) is 0 Å². The summed E-state index contributed by atoms with van der Waals surface area (Å²) in [5.74, 6) is -1.81. The van der Waals surface area contributed by atoms with E-state index in [4.69, 9.17) is 42.6 Å². The number of aliphatic hydroxyl groups is 1. The van der Waals surface area contributed by atoms with Gasteiger partial charge in [-0.05, 0) is 6.42 Å². The van der Waals surface area contributed by atoms with Crippen LogP contribution in [-0.4, -0.2) is 114 Å².